The highest BCUT2D eigenvalue weighted by atomic mass is 79.9. The van der Waals surface area contributed by atoms with Crippen molar-refractivity contribution in [2.75, 3.05) is 0 Å². The standard InChI is InChI=1S/C13H10BrNO3/c1-15-8-9(14)7-11(12(15)16)13(17)18-10-5-3-2-4-6-10/h2-8H,1H3. The number of carbonyl (C=O) groups is 1. The summed E-state index contributed by atoms with van der Waals surface area (Å²) in [6, 6.07) is 10.1. The van der Waals surface area contributed by atoms with Gasteiger partial charge in [-0.05, 0) is 34.1 Å². The van der Waals surface area contributed by atoms with Gasteiger partial charge in [0.05, 0.1) is 0 Å². The summed E-state index contributed by atoms with van der Waals surface area (Å²) >= 11 is 3.23. The number of aryl methyl sites for hydroxylation is 1. The van der Waals surface area contributed by atoms with Crippen LogP contribution < -0.4 is 10.3 Å². The molecule has 4 nitrogen and oxygen atoms in total. The van der Waals surface area contributed by atoms with Gasteiger partial charge in [-0.3, -0.25) is 4.79 Å². The first kappa shape index (κ1) is 12.6. The Hall–Kier alpha value is -1.88. The lowest BCUT2D eigenvalue weighted by molar-refractivity contribution is 0.0732. The molecule has 0 aliphatic heterocycles. The normalized spacial score (nSPS) is 10.1. The Kier molecular flexibility index (Phi) is 3.62. The fourth-order valence-corrected chi connectivity index (χ4v) is 2.00. The van der Waals surface area contributed by atoms with E-state index in [1.165, 1.54) is 10.6 Å². The van der Waals surface area contributed by atoms with Crippen molar-refractivity contribution < 1.29 is 9.53 Å². The Balaban J connectivity index is 2.33. The van der Waals surface area contributed by atoms with Crippen molar-refractivity contribution in [2.45, 2.75) is 0 Å². The molecule has 1 aromatic carbocycles. The molecule has 1 aromatic heterocycles. The van der Waals surface area contributed by atoms with Gasteiger partial charge in [0.2, 0.25) is 0 Å². The minimum Gasteiger partial charge on any atom is -0.423 e. The molecule has 5 heteroatoms. The summed E-state index contributed by atoms with van der Waals surface area (Å²) in [5.74, 6) is -0.257. The lowest BCUT2D eigenvalue weighted by Gasteiger charge is -2.05. The zero-order chi connectivity index (χ0) is 13.1. The van der Waals surface area contributed by atoms with Crippen molar-refractivity contribution in [3.05, 3.63) is 63.0 Å². The number of pyridine rings is 1. The average Bonchev–Trinajstić information content (AvgIpc) is 2.35. The fourth-order valence-electron chi connectivity index (χ4n) is 1.47. The molecule has 18 heavy (non-hydrogen) atoms. The van der Waals surface area contributed by atoms with Gasteiger partial charge < -0.3 is 9.30 Å². The first-order valence-electron chi connectivity index (χ1n) is 5.21. The molecule has 0 fully saturated rings. The molecule has 0 atom stereocenters. The lowest BCUT2D eigenvalue weighted by Crippen LogP contribution is -2.26. The van der Waals surface area contributed by atoms with Gasteiger partial charge in [0.25, 0.3) is 5.56 Å². The van der Waals surface area contributed by atoms with Crippen molar-refractivity contribution in [2.24, 2.45) is 7.05 Å². The maximum Gasteiger partial charge on any atom is 0.349 e. The number of rotatable bonds is 2. The highest BCUT2D eigenvalue weighted by Gasteiger charge is 2.14. The second kappa shape index (κ2) is 5.18. The van der Waals surface area contributed by atoms with Crippen LogP contribution in [-0.2, 0) is 7.05 Å². The van der Waals surface area contributed by atoms with E-state index >= 15 is 0 Å². The molecule has 0 saturated carbocycles. The van der Waals surface area contributed by atoms with Crippen LogP contribution >= 0.6 is 15.9 Å². The van der Waals surface area contributed by atoms with Crippen LogP contribution in [0.1, 0.15) is 10.4 Å². The van der Waals surface area contributed by atoms with Gasteiger partial charge in [-0.15, -0.1) is 0 Å². The Morgan fingerprint density at radius 3 is 2.61 bits per heavy atom. The molecule has 0 aliphatic rings. The van der Waals surface area contributed by atoms with E-state index in [1.54, 1.807) is 37.5 Å². The van der Waals surface area contributed by atoms with Crippen molar-refractivity contribution in [3.63, 3.8) is 0 Å². The quantitative estimate of drug-likeness (QED) is 0.632. The number of nitrogens with zero attached hydrogens (tertiary/aromatic N) is 1. The van der Waals surface area contributed by atoms with E-state index in [2.05, 4.69) is 15.9 Å². The highest BCUT2D eigenvalue weighted by molar-refractivity contribution is 9.10. The van der Waals surface area contributed by atoms with Crippen LogP contribution in [0.5, 0.6) is 5.75 Å². The van der Waals surface area contributed by atoms with Gasteiger partial charge >= 0.3 is 5.97 Å². The molecular formula is C13H10BrNO3. The Morgan fingerprint density at radius 2 is 1.94 bits per heavy atom. The summed E-state index contributed by atoms with van der Waals surface area (Å²) in [6.07, 6.45) is 1.58. The van der Waals surface area contributed by atoms with Crippen molar-refractivity contribution in [1.29, 1.82) is 0 Å². The molecular weight excluding hydrogens is 298 g/mol. The molecule has 0 bridgehead atoms. The topological polar surface area (TPSA) is 48.3 Å². The lowest BCUT2D eigenvalue weighted by atomic mass is 10.3. The Morgan fingerprint density at radius 1 is 1.28 bits per heavy atom. The van der Waals surface area contributed by atoms with E-state index in [0.717, 1.165) is 0 Å². The van der Waals surface area contributed by atoms with E-state index in [9.17, 15) is 9.59 Å². The summed E-state index contributed by atoms with van der Waals surface area (Å²) < 4.78 is 7.09. The molecule has 0 radical (unpaired) electrons. The van der Waals surface area contributed by atoms with Crippen molar-refractivity contribution in [3.8, 4) is 5.75 Å². The molecule has 0 saturated heterocycles. The van der Waals surface area contributed by atoms with Crippen LogP contribution in [-0.4, -0.2) is 10.5 Å². The van der Waals surface area contributed by atoms with Crippen LogP contribution in [0.4, 0.5) is 0 Å². The number of hydrogen-bond acceptors (Lipinski definition) is 3. The number of ether oxygens (including phenoxy) is 1. The average molecular weight is 308 g/mol. The third-order valence-corrected chi connectivity index (χ3v) is 2.76. The summed E-state index contributed by atoms with van der Waals surface area (Å²) in [5, 5.41) is 0. The summed E-state index contributed by atoms with van der Waals surface area (Å²) in [6.45, 7) is 0. The third kappa shape index (κ3) is 2.68. The van der Waals surface area contributed by atoms with E-state index < -0.39 is 5.97 Å². The molecule has 0 N–H and O–H groups in total. The Labute approximate surface area is 112 Å². The number of hydrogen-bond donors (Lipinski definition) is 0. The molecule has 0 spiro atoms. The zero-order valence-electron chi connectivity index (χ0n) is 9.59. The minimum atomic E-state index is -0.664. The molecule has 92 valence electrons. The second-order valence-electron chi connectivity index (χ2n) is 3.69. The molecule has 0 unspecified atom stereocenters. The first-order valence-corrected chi connectivity index (χ1v) is 6.00. The third-order valence-electron chi connectivity index (χ3n) is 2.32. The maximum atomic E-state index is 11.9. The molecule has 0 aliphatic carbocycles. The second-order valence-corrected chi connectivity index (χ2v) is 4.61. The van der Waals surface area contributed by atoms with Crippen LogP contribution in [0.15, 0.2) is 51.9 Å². The van der Waals surface area contributed by atoms with Gasteiger partial charge in [0, 0.05) is 17.7 Å². The van der Waals surface area contributed by atoms with Crippen LogP contribution in [0, 0.1) is 0 Å². The number of para-hydroxylation sites is 1. The van der Waals surface area contributed by atoms with Gasteiger partial charge in [0.15, 0.2) is 0 Å². The monoisotopic (exact) mass is 307 g/mol. The van der Waals surface area contributed by atoms with Crippen molar-refractivity contribution >= 4 is 21.9 Å². The smallest absolute Gasteiger partial charge is 0.349 e. The van der Waals surface area contributed by atoms with E-state index in [0.29, 0.717) is 10.2 Å². The zero-order valence-corrected chi connectivity index (χ0v) is 11.2. The Bertz CT molecular complexity index is 634. The van der Waals surface area contributed by atoms with Gasteiger partial charge in [-0.1, -0.05) is 18.2 Å². The number of aromatic nitrogens is 1. The van der Waals surface area contributed by atoms with Gasteiger partial charge in [0.1, 0.15) is 11.3 Å². The number of carbonyl (C=O) groups excluding carboxylic acids is 1. The number of benzene rings is 1. The summed E-state index contributed by atoms with van der Waals surface area (Å²) in [5.41, 5.74) is -0.394. The van der Waals surface area contributed by atoms with Gasteiger partial charge in [-0.2, -0.15) is 0 Å². The highest BCUT2D eigenvalue weighted by Crippen LogP contribution is 2.13. The minimum absolute atomic E-state index is 0.00396. The summed E-state index contributed by atoms with van der Waals surface area (Å²) in [7, 11) is 1.58. The number of halogens is 1. The van der Waals surface area contributed by atoms with Crippen molar-refractivity contribution in [1.82, 2.24) is 4.57 Å². The largest absolute Gasteiger partial charge is 0.423 e. The van der Waals surface area contributed by atoms with E-state index in [1.807, 2.05) is 6.07 Å². The molecule has 2 rings (SSSR count). The molecule has 1 heterocycles. The predicted octanol–water partition coefficient (Wildman–Crippen LogP) is 2.37. The maximum absolute atomic E-state index is 11.9. The van der Waals surface area contributed by atoms with Crippen LogP contribution in [0.2, 0.25) is 0 Å². The van der Waals surface area contributed by atoms with E-state index in [4.69, 9.17) is 4.74 Å². The molecule has 0 amide bonds. The fraction of sp³-hybridized carbons (Fsp3) is 0.0769. The predicted molar refractivity (Wildman–Crippen MR) is 70.8 cm³/mol. The van der Waals surface area contributed by atoms with Crippen LogP contribution in [0.25, 0.3) is 0 Å². The van der Waals surface area contributed by atoms with Gasteiger partial charge in [-0.25, -0.2) is 4.79 Å². The van der Waals surface area contributed by atoms with E-state index in [-0.39, 0.29) is 11.1 Å². The van der Waals surface area contributed by atoms with Crippen LogP contribution in [0.3, 0.4) is 0 Å². The SMILES string of the molecule is Cn1cc(Br)cc(C(=O)Oc2ccccc2)c1=O. The first-order chi connectivity index (χ1) is 8.58. The summed E-state index contributed by atoms with van der Waals surface area (Å²) in [4.78, 5) is 23.7. The number of esters is 1. The molecule has 2 aromatic rings.